The Morgan fingerprint density at radius 2 is 0.653 bits per heavy atom. The molecule has 0 aliphatic heterocycles. The van der Waals surface area contributed by atoms with E-state index in [-0.39, 0.29) is 5.92 Å². The third-order valence-electron chi connectivity index (χ3n) is 24.2. The van der Waals surface area contributed by atoms with E-state index in [0.29, 0.717) is 29.4 Å². The van der Waals surface area contributed by atoms with E-state index in [1.54, 1.807) is 0 Å². The highest BCUT2D eigenvalue weighted by atomic mass is 16.5. The quantitative estimate of drug-likeness (QED) is 0.0762. The number of anilines is 5. The first-order valence-electron chi connectivity index (χ1n) is 42.8. The number of nitrogens with zero attached hydrogens (tertiary/aromatic N) is 4. The molecule has 21 rings (SSSR count). The van der Waals surface area contributed by atoms with Crippen LogP contribution in [0, 0.1) is 0 Å². The molecule has 0 bridgehead atoms. The molecule has 592 valence electrons. The van der Waals surface area contributed by atoms with Gasteiger partial charge < -0.3 is 28.4 Å². The van der Waals surface area contributed by atoms with Gasteiger partial charge in [-0.05, 0) is 157 Å². The van der Waals surface area contributed by atoms with Gasteiger partial charge in [0.25, 0.3) is 0 Å². The first-order valence-corrected chi connectivity index (χ1v) is 42.8. The lowest BCUT2D eigenvalue weighted by Gasteiger charge is -2.38. The summed E-state index contributed by atoms with van der Waals surface area (Å²) in [5.41, 5.74) is 29.4. The van der Waals surface area contributed by atoms with Crippen molar-refractivity contribution >= 4 is 77.6 Å². The average Bonchev–Trinajstić information content (AvgIpc) is 1.54. The summed E-state index contributed by atoms with van der Waals surface area (Å²) >= 11 is 0. The van der Waals surface area contributed by atoms with Crippen molar-refractivity contribution in [1.29, 1.82) is 0 Å². The summed E-state index contributed by atoms with van der Waals surface area (Å²) in [6.07, 6.45) is 5.43. The molecule has 0 N–H and O–H groups in total. The van der Waals surface area contributed by atoms with Crippen molar-refractivity contribution in [2.45, 2.75) is 38.5 Å². The Kier molecular flexibility index (Phi) is 20.0. The molecule has 1 aliphatic rings. The van der Waals surface area contributed by atoms with E-state index in [2.05, 4.69) is 501 Å². The van der Waals surface area contributed by atoms with Gasteiger partial charge in [-0.15, -0.1) is 0 Å². The van der Waals surface area contributed by atoms with Gasteiger partial charge in [0.1, 0.15) is 23.0 Å². The fourth-order valence-corrected chi connectivity index (χ4v) is 18.5. The Bertz CT molecular complexity index is 7170. The van der Waals surface area contributed by atoms with E-state index in [1.807, 2.05) is 0 Å². The Morgan fingerprint density at radius 1 is 0.274 bits per heavy atom. The molecule has 0 fully saturated rings. The molecular weight excluding hydrogens is 1510 g/mol. The second-order valence-electron chi connectivity index (χ2n) is 33.1. The van der Waals surface area contributed by atoms with Crippen LogP contribution in [0.2, 0.25) is 0 Å². The molecule has 0 saturated heterocycles. The molecule has 2 aromatic heterocycles. The molecular formula is C118H88N4O2. The molecule has 20 aromatic rings. The lowest BCUT2D eigenvalue weighted by Crippen LogP contribution is -2.26. The van der Waals surface area contributed by atoms with Gasteiger partial charge in [-0.25, -0.2) is 0 Å². The van der Waals surface area contributed by atoms with Gasteiger partial charge in [-0.1, -0.05) is 379 Å². The van der Waals surface area contributed by atoms with E-state index in [0.717, 1.165) is 162 Å². The number of hydrogen-bond donors (Lipinski definition) is 0. The third-order valence-corrected chi connectivity index (χ3v) is 24.2. The number of ether oxygens (including phenoxy) is 2. The summed E-state index contributed by atoms with van der Waals surface area (Å²) in [7, 11) is 0. The zero-order valence-electron chi connectivity index (χ0n) is 69.3. The second kappa shape index (κ2) is 32.8. The molecule has 1 atom stereocenters. The topological polar surface area (TPSA) is 34.8 Å². The van der Waals surface area contributed by atoms with Crippen molar-refractivity contribution in [2.75, 3.05) is 9.80 Å². The van der Waals surface area contributed by atoms with Crippen molar-refractivity contribution in [3.05, 3.63) is 483 Å². The van der Waals surface area contributed by atoms with Crippen molar-refractivity contribution in [3.8, 4) is 101 Å². The molecule has 6 heteroatoms. The van der Waals surface area contributed by atoms with Gasteiger partial charge in [0.15, 0.2) is 0 Å². The molecule has 124 heavy (non-hydrogen) atoms. The van der Waals surface area contributed by atoms with Gasteiger partial charge in [0.05, 0.1) is 44.8 Å². The molecule has 18 aromatic carbocycles. The van der Waals surface area contributed by atoms with Crippen molar-refractivity contribution in [2.24, 2.45) is 0 Å². The molecule has 0 saturated carbocycles. The summed E-state index contributed by atoms with van der Waals surface area (Å²) in [5, 5.41) is 4.63. The highest BCUT2D eigenvalue weighted by molar-refractivity contribution is 6.17. The van der Waals surface area contributed by atoms with Crippen LogP contribution < -0.4 is 19.3 Å². The molecule has 6 nitrogen and oxygen atoms in total. The Balaban J connectivity index is 0.855. The fourth-order valence-electron chi connectivity index (χ4n) is 18.5. The Hall–Kier alpha value is -15.8. The number of para-hydroxylation sites is 3. The van der Waals surface area contributed by atoms with E-state index >= 15 is 0 Å². The largest absolute Gasteiger partial charge is 0.457 e. The monoisotopic (exact) mass is 1590 g/mol. The molecule has 0 radical (unpaired) electrons. The zero-order valence-corrected chi connectivity index (χ0v) is 69.3. The van der Waals surface area contributed by atoms with E-state index in [1.165, 1.54) is 16.3 Å². The predicted octanol–water partition coefficient (Wildman–Crippen LogP) is 32.5. The van der Waals surface area contributed by atoms with Crippen LogP contribution in [0.1, 0.15) is 49.8 Å². The first kappa shape index (κ1) is 75.7. The maximum absolute atomic E-state index is 8.04. The van der Waals surface area contributed by atoms with E-state index in [4.69, 9.17) is 9.47 Å². The number of rotatable bonds is 20. The minimum absolute atomic E-state index is 0.178. The van der Waals surface area contributed by atoms with Gasteiger partial charge in [-0.2, -0.15) is 0 Å². The molecule has 0 spiro atoms. The first-order chi connectivity index (χ1) is 61.1. The molecule has 0 amide bonds. The van der Waals surface area contributed by atoms with Crippen LogP contribution in [-0.2, 0) is 5.41 Å². The SMILES string of the molecule is CC(C)(C)c1cc(N(C2=C(c3ccccc3)C=CCC2c2ccccc2)c2cc(Oc3cccc(-c4ccccc4)c3)cc(Oc3cc(-n4c5ccccc5c5c(-c6ccccc6)cccc54)cc(-n4c5ccccc5c5c(-c6ccccc6)cccc54)c3)c2)cc(N(c2cccc(-c3ccccc3)c2)c2c(-c3ccccc3)cccc2-c2ccccc2)c1. The molecule has 1 unspecified atom stereocenters. The normalized spacial score (nSPS) is 12.8. The van der Waals surface area contributed by atoms with Gasteiger partial charge in [-0.3, -0.25) is 0 Å². The summed E-state index contributed by atoms with van der Waals surface area (Å²) < 4.78 is 20.5. The summed E-state index contributed by atoms with van der Waals surface area (Å²) in [6, 6.07) is 163. The number of fused-ring (bicyclic) bond motifs is 6. The van der Waals surface area contributed by atoms with Crippen LogP contribution >= 0.6 is 0 Å². The average molecular weight is 1590 g/mol. The van der Waals surface area contributed by atoms with Crippen molar-refractivity contribution in [1.82, 2.24) is 9.13 Å². The molecule has 1 aliphatic carbocycles. The number of aromatic nitrogens is 2. The van der Waals surface area contributed by atoms with Gasteiger partial charge in [0.2, 0.25) is 0 Å². The zero-order chi connectivity index (χ0) is 83.0. The Morgan fingerprint density at radius 3 is 1.16 bits per heavy atom. The Labute approximate surface area is 724 Å². The highest BCUT2D eigenvalue weighted by Crippen LogP contribution is 2.54. The van der Waals surface area contributed by atoms with Crippen LogP contribution in [0.3, 0.4) is 0 Å². The number of allylic oxidation sites excluding steroid dienone is 4. The standard InChI is InChI=1S/C118H88N4O2/c1-118(2,3)91-72-93(119(92-56-32-54-89(70-92)81-38-12-4-13-39-81)116-104(85-46-20-8-21-47-85)62-34-63-105(116)86-48-22-9-23-49-86)74-94(73-91)120(117-106(87-50-24-10-25-51-87)64-35-65-107(117)88-52-26-11-27-53-88)97-78-100(123-98-57-33-55-90(71-98)82-40-14-5-15-41-82)80-101(79-97)124-99-76-95(121-110-66-30-28-58-108(110)114-102(60-36-68-112(114)121)83-42-16-6-17-43-83)75-96(77-99)122-111-67-31-29-59-109(111)115-103(61-37-69-113(115)122)84-44-18-7-19-45-84/h4-64,66-80,107H,65H2,1-3H3. The van der Waals surface area contributed by atoms with Crippen molar-refractivity contribution in [3.63, 3.8) is 0 Å². The highest BCUT2D eigenvalue weighted by Gasteiger charge is 2.34. The van der Waals surface area contributed by atoms with Crippen molar-refractivity contribution < 1.29 is 9.47 Å². The minimum Gasteiger partial charge on any atom is -0.457 e. The van der Waals surface area contributed by atoms with Gasteiger partial charge in [0, 0.05) is 97.3 Å². The fraction of sp³-hybridized carbons (Fsp3) is 0.0508. The summed E-state index contributed by atoms with van der Waals surface area (Å²) in [4.78, 5) is 5.09. The lowest BCUT2D eigenvalue weighted by atomic mass is 9.82. The smallest absolute Gasteiger partial charge is 0.133 e. The lowest BCUT2D eigenvalue weighted by molar-refractivity contribution is 0.460. The van der Waals surface area contributed by atoms with Crippen LogP contribution in [-0.4, -0.2) is 9.13 Å². The van der Waals surface area contributed by atoms with Crippen LogP contribution in [0.5, 0.6) is 23.0 Å². The van der Waals surface area contributed by atoms with Crippen LogP contribution in [0.15, 0.2) is 467 Å². The predicted molar refractivity (Wildman–Crippen MR) is 519 cm³/mol. The number of benzene rings is 18. The van der Waals surface area contributed by atoms with E-state index < -0.39 is 5.41 Å². The minimum atomic E-state index is -0.415. The summed E-state index contributed by atoms with van der Waals surface area (Å²) in [5.74, 6) is 2.25. The van der Waals surface area contributed by atoms with Gasteiger partial charge >= 0.3 is 0 Å². The van der Waals surface area contributed by atoms with Crippen LogP contribution in [0.25, 0.3) is 127 Å². The second-order valence-corrected chi connectivity index (χ2v) is 33.1. The third kappa shape index (κ3) is 14.6. The molecule has 2 heterocycles. The van der Waals surface area contributed by atoms with Crippen LogP contribution in [0.4, 0.5) is 28.4 Å². The van der Waals surface area contributed by atoms with E-state index in [9.17, 15) is 0 Å². The summed E-state index contributed by atoms with van der Waals surface area (Å²) in [6.45, 7) is 7.02. The maximum atomic E-state index is 8.04. The number of hydrogen-bond acceptors (Lipinski definition) is 4. The maximum Gasteiger partial charge on any atom is 0.133 e.